The normalized spacial score (nSPS) is 13.5. The van der Waals surface area contributed by atoms with Crippen LogP contribution in [0.15, 0.2) is 41.3 Å². The van der Waals surface area contributed by atoms with Crippen molar-refractivity contribution in [2.45, 2.75) is 17.7 Å². The van der Waals surface area contributed by atoms with E-state index in [1.807, 2.05) is 0 Å². The number of carbonyl (C=O) groups is 1. The third-order valence-electron chi connectivity index (χ3n) is 3.57. The van der Waals surface area contributed by atoms with Crippen LogP contribution in [0.1, 0.15) is 11.1 Å². The number of nitrogens with one attached hydrogen (secondary N) is 1. The third-order valence-corrected chi connectivity index (χ3v) is 4.93. The van der Waals surface area contributed by atoms with Crippen LogP contribution in [0.4, 0.5) is 15.8 Å². The first kappa shape index (κ1) is 15.2. The zero-order valence-electron chi connectivity index (χ0n) is 11.8. The molecule has 0 fully saturated rings. The van der Waals surface area contributed by atoms with Crippen molar-refractivity contribution < 1.29 is 17.6 Å². The minimum atomic E-state index is -3.97. The molecule has 116 valence electrons. The van der Waals surface area contributed by atoms with Crippen molar-refractivity contribution in [2.24, 2.45) is 0 Å². The van der Waals surface area contributed by atoms with Gasteiger partial charge in [-0.25, -0.2) is 17.7 Å². The molecule has 0 bridgehead atoms. The van der Waals surface area contributed by atoms with Crippen molar-refractivity contribution in [3.05, 3.63) is 64.8 Å². The summed E-state index contributed by atoms with van der Waals surface area (Å²) >= 11 is 0. The van der Waals surface area contributed by atoms with Gasteiger partial charge in [0.1, 0.15) is 11.6 Å². The van der Waals surface area contributed by atoms with Gasteiger partial charge < -0.3 is 0 Å². The summed E-state index contributed by atoms with van der Waals surface area (Å²) in [5.74, 6) is -0.688. The fourth-order valence-corrected chi connectivity index (χ4v) is 3.67. The number of hydrogen-bond donors (Lipinski definition) is 1. The molecule has 0 spiro atoms. The Labute approximate surface area is 132 Å². The highest BCUT2D eigenvalue weighted by atomic mass is 32.2. The summed E-state index contributed by atoms with van der Waals surface area (Å²) in [6.45, 7) is 6.94. The van der Waals surface area contributed by atoms with Crippen LogP contribution in [0.5, 0.6) is 0 Å². The molecule has 1 aliphatic rings. The van der Waals surface area contributed by atoms with E-state index >= 15 is 0 Å². The quantitative estimate of drug-likeness (QED) is 0.880. The van der Waals surface area contributed by atoms with Crippen LogP contribution >= 0.6 is 0 Å². The van der Waals surface area contributed by atoms with Crippen LogP contribution in [0.25, 0.3) is 4.85 Å². The molecule has 5 nitrogen and oxygen atoms in total. The lowest BCUT2D eigenvalue weighted by Crippen LogP contribution is -2.14. The summed E-state index contributed by atoms with van der Waals surface area (Å²) in [7, 11) is -3.97. The first-order valence-corrected chi connectivity index (χ1v) is 8.21. The van der Waals surface area contributed by atoms with Gasteiger partial charge in [0.05, 0.1) is 17.2 Å². The Kier molecular flexibility index (Phi) is 3.62. The highest BCUT2D eigenvalue weighted by molar-refractivity contribution is 7.92. The number of sulfonamides is 1. The van der Waals surface area contributed by atoms with Gasteiger partial charge in [0.2, 0.25) is 0 Å². The van der Waals surface area contributed by atoms with Gasteiger partial charge in [0.25, 0.3) is 10.0 Å². The number of ketones is 1. The second kappa shape index (κ2) is 5.48. The van der Waals surface area contributed by atoms with E-state index in [1.54, 1.807) is 0 Å². The lowest BCUT2D eigenvalue weighted by molar-refractivity contribution is -0.117. The molecular weight excluding hydrogens is 319 g/mol. The minimum absolute atomic E-state index is 0.0686. The zero-order chi connectivity index (χ0) is 16.6. The maximum Gasteiger partial charge on any atom is 0.260 e. The molecule has 0 aromatic heterocycles. The molecule has 1 N–H and O–H groups in total. The Morgan fingerprint density at radius 3 is 2.70 bits per heavy atom. The van der Waals surface area contributed by atoms with Gasteiger partial charge in [-0.1, -0.05) is 12.1 Å². The molecule has 3 rings (SSSR count). The van der Waals surface area contributed by atoms with Crippen LogP contribution in [-0.4, -0.2) is 14.2 Å². The third kappa shape index (κ3) is 2.94. The fourth-order valence-electron chi connectivity index (χ4n) is 2.55. The summed E-state index contributed by atoms with van der Waals surface area (Å²) in [5, 5.41) is 0. The lowest BCUT2D eigenvalue weighted by Gasteiger charge is -2.12. The van der Waals surface area contributed by atoms with E-state index < -0.39 is 15.8 Å². The van der Waals surface area contributed by atoms with Crippen molar-refractivity contribution in [1.29, 1.82) is 0 Å². The van der Waals surface area contributed by atoms with Crippen molar-refractivity contribution in [3.8, 4) is 0 Å². The summed E-state index contributed by atoms with van der Waals surface area (Å²) < 4.78 is 40.9. The summed E-state index contributed by atoms with van der Waals surface area (Å²) in [4.78, 5) is 14.6. The first-order chi connectivity index (χ1) is 10.9. The average Bonchev–Trinajstić information content (AvgIpc) is 2.87. The van der Waals surface area contributed by atoms with Crippen LogP contribution in [0.3, 0.4) is 0 Å². The number of carbonyl (C=O) groups excluding carboxylic acids is 1. The Bertz CT molecular complexity index is 962. The molecule has 0 unspecified atom stereocenters. The number of hydrogen-bond acceptors (Lipinski definition) is 3. The summed E-state index contributed by atoms with van der Waals surface area (Å²) in [6, 6.07) is 7.85. The molecule has 0 heterocycles. The van der Waals surface area contributed by atoms with Crippen LogP contribution in [0, 0.1) is 12.4 Å². The number of halogens is 1. The van der Waals surface area contributed by atoms with E-state index in [-0.39, 0.29) is 34.9 Å². The molecule has 0 amide bonds. The molecule has 0 saturated carbocycles. The predicted octanol–water partition coefficient (Wildman–Crippen LogP) is 2.84. The monoisotopic (exact) mass is 330 g/mol. The van der Waals surface area contributed by atoms with E-state index in [4.69, 9.17) is 6.57 Å². The number of benzene rings is 2. The number of rotatable bonds is 3. The number of Topliss-reactive ketones (excluding diaryl/α,β-unsaturated/α-hetero) is 1. The number of anilines is 1. The highest BCUT2D eigenvalue weighted by Crippen LogP contribution is 2.30. The molecule has 0 saturated heterocycles. The molecular formula is C16H11FN2O3S. The molecule has 0 atom stereocenters. The standard InChI is InChI=1S/C16H11FN2O3S/c1-18-12-3-2-4-14(8-12)23(21,22)19-16-7-11(17)5-10-6-13(20)9-15(10)16/h2-5,7-8,19H,6,9H2. The second-order valence-corrected chi connectivity index (χ2v) is 6.88. The molecule has 2 aromatic rings. The molecule has 0 radical (unpaired) electrons. The molecule has 23 heavy (non-hydrogen) atoms. The smallest absolute Gasteiger partial charge is 0.260 e. The SMILES string of the molecule is [C-]#[N+]c1cccc(S(=O)(=O)Nc2cc(F)cc3c2CC(=O)C3)c1. The van der Waals surface area contributed by atoms with Crippen molar-refractivity contribution in [2.75, 3.05) is 4.72 Å². The largest absolute Gasteiger partial charge is 0.299 e. The Balaban J connectivity index is 2.02. The van der Waals surface area contributed by atoms with Gasteiger partial charge in [-0.3, -0.25) is 9.52 Å². The van der Waals surface area contributed by atoms with E-state index in [0.29, 0.717) is 11.1 Å². The lowest BCUT2D eigenvalue weighted by atomic mass is 10.1. The van der Waals surface area contributed by atoms with E-state index in [0.717, 1.165) is 6.07 Å². The highest BCUT2D eigenvalue weighted by Gasteiger charge is 2.25. The van der Waals surface area contributed by atoms with Gasteiger partial charge in [0, 0.05) is 12.8 Å². The topological polar surface area (TPSA) is 67.6 Å². The molecule has 2 aromatic carbocycles. The summed E-state index contributed by atoms with van der Waals surface area (Å²) in [6.07, 6.45) is 0.185. The van der Waals surface area contributed by atoms with Gasteiger partial charge in [-0.05, 0) is 35.4 Å². The van der Waals surface area contributed by atoms with Crippen molar-refractivity contribution in [1.82, 2.24) is 0 Å². The van der Waals surface area contributed by atoms with Crippen molar-refractivity contribution >= 4 is 27.2 Å². The molecule has 1 aliphatic carbocycles. The Morgan fingerprint density at radius 1 is 1.17 bits per heavy atom. The number of nitrogens with zero attached hydrogens (tertiary/aromatic N) is 1. The first-order valence-electron chi connectivity index (χ1n) is 6.72. The van der Waals surface area contributed by atoms with E-state index in [1.165, 1.54) is 30.3 Å². The van der Waals surface area contributed by atoms with Crippen molar-refractivity contribution in [3.63, 3.8) is 0 Å². The van der Waals surface area contributed by atoms with Gasteiger partial charge >= 0.3 is 0 Å². The predicted molar refractivity (Wildman–Crippen MR) is 82.3 cm³/mol. The number of fused-ring (bicyclic) bond motifs is 1. The van der Waals surface area contributed by atoms with Gasteiger partial charge in [-0.15, -0.1) is 0 Å². The van der Waals surface area contributed by atoms with E-state index in [9.17, 15) is 17.6 Å². The second-order valence-electron chi connectivity index (χ2n) is 5.20. The minimum Gasteiger partial charge on any atom is -0.299 e. The molecule has 7 heteroatoms. The maximum atomic E-state index is 13.7. The zero-order valence-corrected chi connectivity index (χ0v) is 12.7. The van der Waals surface area contributed by atoms with Crippen LogP contribution < -0.4 is 4.72 Å². The van der Waals surface area contributed by atoms with Gasteiger partial charge in [-0.2, -0.15) is 0 Å². The van der Waals surface area contributed by atoms with Crippen LogP contribution in [0.2, 0.25) is 0 Å². The maximum absolute atomic E-state index is 13.7. The van der Waals surface area contributed by atoms with E-state index in [2.05, 4.69) is 9.57 Å². The van der Waals surface area contributed by atoms with Gasteiger partial charge in [0.15, 0.2) is 5.69 Å². The van der Waals surface area contributed by atoms with Crippen LogP contribution in [-0.2, 0) is 27.7 Å². The summed E-state index contributed by atoms with van der Waals surface area (Å²) in [5.41, 5.74) is 1.26. The fraction of sp³-hybridized carbons (Fsp3) is 0.125. The Hall–Kier alpha value is -2.72. The Morgan fingerprint density at radius 2 is 1.96 bits per heavy atom. The average molecular weight is 330 g/mol. The molecule has 0 aliphatic heterocycles.